The molecule has 0 amide bonds. The molecule has 118 valence electrons. The molecule has 0 aliphatic rings. The van der Waals surface area contributed by atoms with Gasteiger partial charge in [-0.2, -0.15) is 0 Å². The minimum atomic E-state index is -0.255. The van der Waals surface area contributed by atoms with Gasteiger partial charge in [0.05, 0.1) is 6.61 Å². The van der Waals surface area contributed by atoms with Crippen LogP contribution < -0.4 is 5.32 Å². The summed E-state index contributed by atoms with van der Waals surface area (Å²) in [6.45, 7) is 0.0151. The molecule has 0 fully saturated rings. The Labute approximate surface area is 135 Å². The smallest absolute Gasteiger partial charge is 0.123 e. The van der Waals surface area contributed by atoms with Crippen molar-refractivity contribution in [2.45, 2.75) is 12.0 Å². The third-order valence-corrected chi connectivity index (χ3v) is 4.34. The van der Waals surface area contributed by atoms with Gasteiger partial charge in [0.15, 0.2) is 0 Å². The van der Waals surface area contributed by atoms with Crippen LogP contribution in [-0.4, -0.2) is 18.8 Å². The summed E-state index contributed by atoms with van der Waals surface area (Å²) in [5.41, 5.74) is 2.02. The molecule has 0 saturated heterocycles. The van der Waals surface area contributed by atoms with E-state index in [1.807, 2.05) is 19.2 Å². The van der Waals surface area contributed by atoms with E-state index >= 15 is 0 Å². The lowest BCUT2D eigenvalue weighted by atomic mass is 9.86. The summed E-state index contributed by atoms with van der Waals surface area (Å²) < 4.78 is 13.2. The van der Waals surface area contributed by atoms with Crippen LogP contribution in [0.25, 0.3) is 10.8 Å². The van der Waals surface area contributed by atoms with Gasteiger partial charge in [-0.05, 0) is 41.1 Å². The van der Waals surface area contributed by atoms with E-state index < -0.39 is 0 Å². The zero-order valence-electron chi connectivity index (χ0n) is 13.0. The lowest BCUT2D eigenvalue weighted by molar-refractivity contribution is 0.239. The van der Waals surface area contributed by atoms with Crippen molar-refractivity contribution in [2.75, 3.05) is 13.7 Å². The van der Waals surface area contributed by atoms with Crippen molar-refractivity contribution in [1.29, 1.82) is 0 Å². The summed E-state index contributed by atoms with van der Waals surface area (Å²) in [6, 6.07) is 20.8. The van der Waals surface area contributed by atoms with Crippen LogP contribution in [0.3, 0.4) is 0 Å². The summed E-state index contributed by atoms with van der Waals surface area (Å²) in [5, 5.41) is 15.5. The fraction of sp³-hybridized carbons (Fsp3) is 0.200. The highest BCUT2D eigenvalue weighted by Gasteiger charge is 2.23. The van der Waals surface area contributed by atoms with Crippen LogP contribution in [0.5, 0.6) is 0 Å². The highest BCUT2D eigenvalue weighted by atomic mass is 19.1. The van der Waals surface area contributed by atoms with E-state index in [0.717, 1.165) is 16.5 Å². The van der Waals surface area contributed by atoms with Crippen LogP contribution >= 0.6 is 0 Å². The Kier molecular flexibility index (Phi) is 4.70. The minimum Gasteiger partial charge on any atom is -0.396 e. The van der Waals surface area contributed by atoms with Gasteiger partial charge in [-0.3, -0.25) is 0 Å². The van der Waals surface area contributed by atoms with Gasteiger partial charge in [-0.15, -0.1) is 0 Å². The molecular weight excluding hydrogens is 289 g/mol. The first-order valence-corrected chi connectivity index (χ1v) is 7.75. The predicted octanol–water partition coefficient (Wildman–Crippen LogP) is 4.02. The lowest BCUT2D eigenvalue weighted by Crippen LogP contribution is -2.26. The molecule has 0 spiro atoms. The van der Waals surface area contributed by atoms with Gasteiger partial charge in [0.1, 0.15) is 5.82 Å². The van der Waals surface area contributed by atoms with Crippen molar-refractivity contribution < 1.29 is 9.50 Å². The Hall–Kier alpha value is -2.23. The molecule has 2 atom stereocenters. The molecule has 3 heteroatoms. The zero-order chi connectivity index (χ0) is 16.2. The third kappa shape index (κ3) is 3.26. The highest BCUT2D eigenvalue weighted by Crippen LogP contribution is 2.32. The van der Waals surface area contributed by atoms with Crippen molar-refractivity contribution in [2.24, 2.45) is 0 Å². The summed E-state index contributed by atoms with van der Waals surface area (Å²) in [5.74, 6) is -0.357. The standard InChI is InChI=1S/C20H20FNO/c1-22-20(15-8-10-18(21)11-9-15)19(13-23)17-7-6-14-4-2-3-5-16(14)12-17/h2-12,19-20,22-23H,13H2,1H3. The molecule has 0 heterocycles. The van der Waals surface area contributed by atoms with Crippen molar-refractivity contribution in [1.82, 2.24) is 5.32 Å². The van der Waals surface area contributed by atoms with E-state index in [1.165, 1.54) is 17.5 Å². The number of benzene rings is 3. The summed E-state index contributed by atoms with van der Waals surface area (Å²) >= 11 is 0. The Bertz CT molecular complexity index is 785. The quantitative estimate of drug-likeness (QED) is 0.746. The fourth-order valence-electron chi connectivity index (χ4n) is 3.11. The van der Waals surface area contributed by atoms with Gasteiger partial charge in [0, 0.05) is 12.0 Å². The first-order valence-electron chi connectivity index (χ1n) is 7.75. The van der Waals surface area contributed by atoms with Crippen LogP contribution in [0.4, 0.5) is 4.39 Å². The number of rotatable bonds is 5. The summed E-state index contributed by atoms with van der Waals surface area (Å²) in [7, 11) is 1.86. The second-order valence-corrected chi connectivity index (χ2v) is 5.71. The van der Waals surface area contributed by atoms with Crippen LogP contribution in [0.1, 0.15) is 23.1 Å². The van der Waals surface area contributed by atoms with E-state index in [9.17, 15) is 9.50 Å². The molecule has 3 rings (SSSR count). The van der Waals surface area contributed by atoms with Gasteiger partial charge < -0.3 is 10.4 Å². The molecule has 3 aromatic carbocycles. The molecule has 3 aromatic rings. The molecule has 2 N–H and O–H groups in total. The number of hydrogen-bond acceptors (Lipinski definition) is 2. The largest absolute Gasteiger partial charge is 0.396 e. The predicted molar refractivity (Wildman–Crippen MR) is 92.0 cm³/mol. The Morgan fingerprint density at radius 3 is 2.22 bits per heavy atom. The normalized spacial score (nSPS) is 13.9. The van der Waals surface area contributed by atoms with Crippen LogP contribution in [0, 0.1) is 5.82 Å². The molecule has 2 nitrogen and oxygen atoms in total. The second kappa shape index (κ2) is 6.90. The topological polar surface area (TPSA) is 32.3 Å². The monoisotopic (exact) mass is 309 g/mol. The number of likely N-dealkylation sites (N-methyl/N-ethyl adjacent to an activating group) is 1. The number of aliphatic hydroxyl groups is 1. The average molecular weight is 309 g/mol. The molecule has 0 saturated carbocycles. The highest BCUT2D eigenvalue weighted by molar-refractivity contribution is 5.83. The molecular formula is C20H20FNO. The Balaban J connectivity index is 1.99. The van der Waals surface area contributed by atoms with Gasteiger partial charge in [0.2, 0.25) is 0 Å². The van der Waals surface area contributed by atoms with Crippen LogP contribution in [0.15, 0.2) is 66.7 Å². The van der Waals surface area contributed by atoms with E-state index in [4.69, 9.17) is 0 Å². The zero-order valence-corrected chi connectivity index (χ0v) is 13.0. The molecule has 23 heavy (non-hydrogen) atoms. The molecule has 0 aromatic heterocycles. The van der Waals surface area contributed by atoms with Crippen molar-refractivity contribution >= 4 is 10.8 Å². The number of hydrogen-bond donors (Lipinski definition) is 2. The van der Waals surface area contributed by atoms with Crippen molar-refractivity contribution in [3.05, 3.63) is 83.7 Å². The van der Waals surface area contributed by atoms with Crippen LogP contribution in [-0.2, 0) is 0 Å². The first kappa shape index (κ1) is 15.7. The second-order valence-electron chi connectivity index (χ2n) is 5.71. The number of nitrogens with one attached hydrogen (secondary N) is 1. The van der Waals surface area contributed by atoms with Crippen molar-refractivity contribution in [3.63, 3.8) is 0 Å². The van der Waals surface area contributed by atoms with E-state index in [1.54, 1.807) is 12.1 Å². The SMILES string of the molecule is CNC(c1ccc(F)cc1)C(CO)c1ccc2ccccc2c1. The summed E-state index contributed by atoms with van der Waals surface area (Å²) in [6.07, 6.45) is 0. The molecule has 2 unspecified atom stereocenters. The van der Waals surface area contributed by atoms with Gasteiger partial charge in [0.25, 0.3) is 0 Å². The maximum Gasteiger partial charge on any atom is 0.123 e. The van der Waals surface area contributed by atoms with Gasteiger partial charge in [-0.1, -0.05) is 54.6 Å². The Morgan fingerprint density at radius 2 is 1.57 bits per heavy atom. The first-order chi connectivity index (χ1) is 11.2. The summed E-state index contributed by atoms with van der Waals surface area (Å²) in [4.78, 5) is 0. The number of fused-ring (bicyclic) bond motifs is 1. The number of aliphatic hydroxyl groups excluding tert-OH is 1. The number of halogens is 1. The van der Waals surface area contributed by atoms with Gasteiger partial charge >= 0.3 is 0 Å². The maximum atomic E-state index is 13.2. The fourth-order valence-corrected chi connectivity index (χ4v) is 3.11. The van der Waals surface area contributed by atoms with E-state index in [-0.39, 0.29) is 24.4 Å². The van der Waals surface area contributed by atoms with Crippen molar-refractivity contribution in [3.8, 4) is 0 Å². The molecule has 0 bridgehead atoms. The van der Waals surface area contributed by atoms with E-state index in [0.29, 0.717) is 0 Å². The Morgan fingerprint density at radius 1 is 0.913 bits per heavy atom. The lowest BCUT2D eigenvalue weighted by Gasteiger charge is -2.26. The van der Waals surface area contributed by atoms with Crippen LogP contribution in [0.2, 0.25) is 0 Å². The molecule has 0 aliphatic heterocycles. The molecule has 0 aliphatic carbocycles. The average Bonchev–Trinajstić information content (AvgIpc) is 2.60. The maximum absolute atomic E-state index is 13.2. The molecule has 0 radical (unpaired) electrons. The van der Waals surface area contributed by atoms with Gasteiger partial charge in [-0.25, -0.2) is 4.39 Å². The minimum absolute atomic E-state index is 0.0151. The van der Waals surface area contributed by atoms with E-state index in [2.05, 4.69) is 35.6 Å². The third-order valence-electron chi connectivity index (χ3n) is 4.34.